The number of ketones is 2. The molecule has 0 heterocycles. The SMILES string of the molecule is CC1=C(Br)C(=O)C(Br)=C(I)C1=O. The molecule has 0 atom stereocenters. The standard InChI is InChI=1S/C7H3Br2IO2/c1-2-3(8)7(12)4(9)5(10)6(2)11/h1H3. The number of rotatable bonds is 0. The summed E-state index contributed by atoms with van der Waals surface area (Å²) in [5, 5.41) is 0. The molecular weight excluding hydrogens is 403 g/mol. The van der Waals surface area contributed by atoms with Crippen molar-refractivity contribution in [3.05, 3.63) is 18.1 Å². The van der Waals surface area contributed by atoms with Gasteiger partial charge in [0.1, 0.15) is 0 Å². The van der Waals surface area contributed by atoms with E-state index in [1.165, 1.54) is 0 Å². The molecule has 0 saturated heterocycles. The Balaban J connectivity index is 3.32. The van der Waals surface area contributed by atoms with E-state index in [9.17, 15) is 9.59 Å². The zero-order valence-corrected chi connectivity index (χ0v) is 11.3. The van der Waals surface area contributed by atoms with Crippen LogP contribution < -0.4 is 0 Å². The zero-order valence-electron chi connectivity index (χ0n) is 5.95. The molecule has 2 nitrogen and oxygen atoms in total. The van der Waals surface area contributed by atoms with E-state index in [1.807, 2.05) is 22.6 Å². The lowest BCUT2D eigenvalue weighted by molar-refractivity contribution is -0.114. The number of allylic oxidation sites excluding steroid dienone is 4. The number of hydrogen-bond acceptors (Lipinski definition) is 2. The molecule has 0 aliphatic heterocycles. The molecule has 0 radical (unpaired) electrons. The van der Waals surface area contributed by atoms with E-state index in [0.717, 1.165) is 0 Å². The highest BCUT2D eigenvalue weighted by Crippen LogP contribution is 2.33. The van der Waals surface area contributed by atoms with E-state index in [0.29, 0.717) is 18.1 Å². The van der Waals surface area contributed by atoms with Crippen LogP contribution in [0.5, 0.6) is 0 Å². The highest BCUT2D eigenvalue weighted by molar-refractivity contribution is 14.1. The Bertz CT molecular complexity index is 279. The molecule has 64 valence electrons. The maximum atomic E-state index is 11.4. The van der Waals surface area contributed by atoms with Gasteiger partial charge in [0, 0.05) is 5.57 Å². The van der Waals surface area contributed by atoms with E-state index >= 15 is 0 Å². The average Bonchev–Trinajstić information content (AvgIpc) is 2.08. The van der Waals surface area contributed by atoms with E-state index < -0.39 is 0 Å². The largest absolute Gasteiger partial charge is 0.288 e. The van der Waals surface area contributed by atoms with Crippen molar-refractivity contribution in [3.8, 4) is 0 Å². The van der Waals surface area contributed by atoms with Crippen molar-refractivity contribution < 1.29 is 9.59 Å². The minimum atomic E-state index is -0.170. The fourth-order valence-electron chi connectivity index (χ4n) is 0.730. The molecule has 0 aromatic carbocycles. The fourth-order valence-corrected chi connectivity index (χ4v) is 2.40. The number of hydrogen-bond donors (Lipinski definition) is 0. The lowest BCUT2D eigenvalue weighted by atomic mass is 10.1. The van der Waals surface area contributed by atoms with Crippen molar-refractivity contribution in [1.82, 2.24) is 0 Å². The van der Waals surface area contributed by atoms with Gasteiger partial charge in [-0.2, -0.15) is 0 Å². The predicted molar refractivity (Wildman–Crippen MR) is 61.6 cm³/mol. The second-order valence-electron chi connectivity index (χ2n) is 2.23. The van der Waals surface area contributed by atoms with Gasteiger partial charge in [0.2, 0.25) is 5.78 Å². The molecule has 0 N–H and O–H groups in total. The average molecular weight is 406 g/mol. The van der Waals surface area contributed by atoms with Gasteiger partial charge >= 0.3 is 0 Å². The Labute approximate surface area is 99.9 Å². The van der Waals surface area contributed by atoms with Gasteiger partial charge in [-0.15, -0.1) is 0 Å². The summed E-state index contributed by atoms with van der Waals surface area (Å²) >= 11 is 7.99. The molecule has 0 unspecified atom stereocenters. The summed E-state index contributed by atoms with van der Waals surface area (Å²) in [5.41, 5.74) is 0.465. The van der Waals surface area contributed by atoms with Gasteiger partial charge < -0.3 is 0 Å². The van der Waals surface area contributed by atoms with Gasteiger partial charge in [-0.05, 0) is 61.4 Å². The second kappa shape index (κ2) is 3.71. The molecule has 12 heavy (non-hydrogen) atoms. The Hall–Kier alpha value is 0.510. The van der Waals surface area contributed by atoms with Gasteiger partial charge in [-0.25, -0.2) is 0 Å². The number of carbonyl (C=O) groups excluding carboxylic acids is 2. The maximum Gasteiger partial charge on any atom is 0.208 e. The van der Waals surface area contributed by atoms with Crippen LogP contribution >= 0.6 is 54.5 Å². The molecule has 0 bridgehead atoms. The van der Waals surface area contributed by atoms with Crippen LogP contribution in [0.25, 0.3) is 0 Å². The smallest absolute Gasteiger partial charge is 0.208 e. The van der Waals surface area contributed by atoms with E-state index in [1.54, 1.807) is 6.92 Å². The van der Waals surface area contributed by atoms with Crippen LogP contribution in [0.3, 0.4) is 0 Å². The first-order valence-corrected chi connectivity index (χ1v) is 5.64. The zero-order chi connectivity index (χ0) is 9.46. The number of carbonyl (C=O) groups is 2. The van der Waals surface area contributed by atoms with Crippen LogP contribution in [0, 0.1) is 0 Å². The Morgan fingerprint density at radius 3 is 2.08 bits per heavy atom. The minimum Gasteiger partial charge on any atom is -0.288 e. The van der Waals surface area contributed by atoms with Crippen LogP contribution in [0.1, 0.15) is 6.92 Å². The topological polar surface area (TPSA) is 34.1 Å². The van der Waals surface area contributed by atoms with E-state index in [2.05, 4.69) is 31.9 Å². The van der Waals surface area contributed by atoms with Crippen molar-refractivity contribution in [2.45, 2.75) is 6.92 Å². The predicted octanol–water partition coefficient (Wildman–Crippen LogP) is 2.85. The van der Waals surface area contributed by atoms with Crippen LogP contribution in [-0.4, -0.2) is 11.6 Å². The lowest BCUT2D eigenvalue weighted by Crippen LogP contribution is -2.15. The molecule has 0 saturated carbocycles. The summed E-state index contributed by atoms with van der Waals surface area (Å²) in [6.07, 6.45) is 0. The fraction of sp³-hybridized carbons (Fsp3) is 0.143. The van der Waals surface area contributed by atoms with Crippen LogP contribution in [0.4, 0.5) is 0 Å². The Morgan fingerprint density at radius 2 is 1.58 bits per heavy atom. The van der Waals surface area contributed by atoms with Gasteiger partial charge in [0.05, 0.1) is 12.5 Å². The van der Waals surface area contributed by atoms with Crippen molar-refractivity contribution >= 4 is 66.0 Å². The molecule has 0 fully saturated rings. The van der Waals surface area contributed by atoms with Crippen LogP contribution in [0.2, 0.25) is 0 Å². The quantitative estimate of drug-likeness (QED) is 0.459. The number of halogens is 3. The van der Waals surface area contributed by atoms with Crippen molar-refractivity contribution in [2.75, 3.05) is 0 Å². The Morgan fingerprint density at radius 1 is 1.08 bits per heavy atom. The molecule has 1 aliphatic rings. The summed E-state index contributed by atoms with van der Waals surface area (Å²) in [4.78, 5) is 22.7. The highest BCUT2D eigenvalue weighted by atomic mass is 127. The van der Waals surface area contributed by atoms with Crippen molar-refractivity contribution in [3.63, 3.8) is 0 Å². The first kappa shape index (κ1) is 10.6. The minimum absolute atomic E-state index is 0.103. The van der Waals surface area contributed by atoms with Gasteiger partial charge in [-0.3, -0.25) is 9.59 Å². The summed E-state index contributed by atoms with van der Waals surface area (Å²) in [6.45, 7) is 1.63. The summed E-state index contributed by atoms with van der Waals surface area (Å²) < 4.78 is 1.13. The van der Waals surface area contributed by atoms with Crippen molar-refractivity contribution in [2.24, 2.45) is 0 Å². The molecule has 0 aromatic rings. The van der Waals surface area contributed by atoms with Crippen LogP contribution in [0.15, 0.2) is 18.1 Å². The summed E-state index contributed by atoms with van der Waals surface area (Å²) in [5.74, 6) is -0.273. The summed E-state index contributed by atoms with van der Waals surface area (Å²) in [6, 6.07) is 0. The third kappa shape index (κ3) is 1.58. The molecule has 0 amide bonds. The second-order valence-corrected chi connectivity index (χ2v) is 4.89. The number of Topliss-reactive ketones (excluding diaryl/α,β-unsaturated/α-hetero) is 2. The molecular formula is C7H3Br2IO2. The third-order valence-electron chi connectivity index (χ3n) is 1.46. The normalized spacial score (nSPS) is 19.3. The maximum absolute atomic E-state index is 11.4. The van der Waals surface area contributed by atoms with E-state index in [4.69, 9.17) is 0 Å². The molecule has 1 aliphatic carbocycles. The van der Waals surface area contributed by atoms with Crippen LogP contribution in [-0.2, 0) is 9.59 Å². The molecule has 0 aromatic heterocycles. The Kier molecular flexibility index (Phi) is 3.27. The highest BCUT2D eigenvalue weighted by Gasteiger charge is 2.28. The first-order chi connectivity index (χ1) is 5.46. The third-order valence-corrected chi connectivity index (χ3v) is 4.94. The first-order valence-electron chi connectivity index (χ1n) is 2.98. The lowest BCUT2D eigenvalue weighted by Gasteiger charge is -2.11. The summed E-state index contributed by atoms with van der Waals surface area (Å²) in [7, 11) is 0. The molecule has 1 rings (SSSR count). The van der Waals surface area contributed by atoms with Crippen molar-refractivity contribution in [1.29, 1.82) is 0 Å². The van der Waals surface area contributed by atoms with Gasteiger partial charge in [-0.1, -0.05) is 0 Å². The molecule has 5 heteroatoms. The van der Waals surface area contributed by atoms with Gasteiger partial charge in [0.15, 0.2) is 5.78 Å². The van der Waals surface area contributed by atoms with E-state index in [-0.39, 0.29) is 11.6 Å². The monoisotopic (exact) mass is 404 g/mol. The molecule has 0 spiro atoms. The van der Waals surface area contributed by atoms with Gasteiger partial charge in [0.25, 0.3) is 0 Å².